The molecule has 0 saturated carbocycles. The van der Waals surface area contributed by atoms with Crippen molar-refractivity contribution in [2.45, 2.75) is 0 Å². The minimum Gasteiger partial charge on any atom is -0.351 e. The van der Waals surface area contributed by atoms with Gasteiger partial charge in [0.15, 0.2) is 4.80 Å². The van der Waals surface area contributed by atoms with E-state index in [0.717, 1.165) is 10.2 Å². The molecule has 0 radical (unpaired) electrons. The molecule has 0 fully saturated rings. The number of aryl methyl sites for hydroxylation is 1. The van der Waals surface area contributed by atoms with Crippen LogP contribution in [0.5, 0.6) is 0 Å². The molecule has 2 heterocycles. The molecule has 0 bridgehead atoms. The first-order valence-electron chi connectivity index (χ1n) is 5.40. The highest BCUT2D eigenvalue weighted by atomic mass is 35.5. The second kappa shape index (κ2) is 4.64. The highest BCUT2D eigenvalue weighted by Crippen LogP contribution is 2.24. The molecule has 0 aliphatic heterocycles. The van der Waals surface area contributed by atoms with Gasteiger partial charge in [0, 0.05) is 13.1 Å². The normalized spacial score (nSPS) is 12.2. The van der Waals surface area contributed by atoms with Crippen LogP contribution in [0.2, 0.25) is 5.02 Å². The molecule has 0 spiro atoms. The van der Waals surface area contributed by atoms with E-state index in [9.17, 15) is 4.79 Å². The third kappa shape index (κ3) is 2.09. The number of nitrogens with zero attached hydrogens (tertiary/aromatic N) is 3. The molecular formula is C12H8ClN3O2S. The van der Waals surface area contributed by atoms with Crippen LogP contribution in [0.25, 0.3) is 10.2 Å². The summed E-state index contributed by atoms with van der Waals surface area (Å²) in [5.41, 5.74) is 0.860. The van der Waals surface area contributed by atoms with Crippen LogP contribution < -0.4 is 4.80 Å². The number of halogens is 1. The van der Waals surface area contributed by atoms with Gasteiger partial charge in [-0.3, -0.25) is 4.79 Å². The van der Waals surface area contributed by atoms with Crippen molar-refractivity contribution in [3.63, 3.8) is 0 Å². The highest BCUT2D eigenvalue weighted by molar-refractivity contribution is 7.16. The fraction of sp³-hybridized carbons (Fsp3) is 0.0833. The molecule has 96 valence electrons. The zero-order valence-electron chi connectivity index (χ0n) is 9.83. The van der Waals surface area contributed by atoms with Gasteiger partial charge in [0.05, 0.1) is 21.4 Å². The monoisotopic (exact) mass is 293 g/mol. The van der Waals surface area contributed by atoms with Gasteiger partial charge < -0.3 is 9.09 Å². The van der Waals surface area contributed by atoms with Crippen LogP contribution in [-0.2, 0) is 7.05 Å². The van der Waals surface area contributed by atoms with Crippen LogP contribution in [0.3, 0.4) is 0 Å². The van der Waals surface area contributed by atoms with Gasteiger partial charge in [-0.05, 0) is 12.1 Å². The maximum Gasteiger partial charge on any atom is 0.318 e. The van der Waals surface area contributed by atoms with Crippen LogP contribution in [0.4, 0.5) is 0 Å². The topological polar surface area (TPSA) is 60.4 Å². The van der Waals surface area contributed by atoms with Crippen LogP contribution in [0.1, 0.15) is 10.6 Å². The van der Waals surface area contributed by atoms with Gasteiger partial charge in [-0.15, -0.1) is 0 Å². The third-order valence-electron chi connectivity index (χ3n) is 2.62. The summed E-state index contributed by atoms with van der Waals surface area (Å²) in [6.07, 6.45) is 1.41. The molecular weight excluding hydrogens is 286 g/mol. The van der Waals surface area contributed by atoms with E-state index in [1.807, 2.05) is 19.2 Å². The Morgan fingerprint density at radius 2 is 2.32 bits per heavy atom. The van der Waals surface area contributed by atoms with E-state index >= 15 is 0 Å². The number of amides is 1. The Morgan fingerprint density at radius 1 is 1.47 bits per heavy atom. The smallest absolute Gasteiger partial charge is 0.318 e. The lowest BCUT2D eigenvalue weighted by Crippen LogP contribution is -2.13. The first-order chi connectivity index (χ1) is 9.16. The van der Waals surface area contributed by atoms with E-state index in [2.05, 4.69) is 10.1 Å². The molecule has 1 aromatic carbocycles. The zero-order valence-corrected chi connectivity index (χ0v) is 11.4. The Labute approximate surface area is 116 Å². The number of thiazole rings is 1. The SMILES string of the molecule is Cn1c(=NC(=O)c2ccno2)sc2cccc(Cl)c21. The lowest BCUT2D eigenvalue weighted by atomic mass is 10.3. The minimum atomic E-state index is -0.462. The molecule has 5 nitrogen and oxygen atoms in total. The molecule has 0 N–H and O–H groups in total. The van der Waals surface area contributed by atoms with Crippen molar-refractivity contribution in [2.24, 2.45) is 12.0 Å². The number of benzene rings is 1. The van der Waals surface area contributed by atoms with Gasteiger partial charge in [0.25, 0.3) is 0 Å². The van der Waals surface area contributed by atoms with E-state index in [-0.39, 0.29) is 5.76 Å². The van der Waals surface area contributed by atoms with Gasteiger partial charge in [0.1, 0.15) is 0 Å². The second-order valence-corrected chi connectivity index (χ2v) is 5.24. The molecule has 0 aliphatic rings. The largest absolute Gasteiger partial charge is 0.351 e. The number of hydrogen-bond acceptors (Lipinski definition) is 4. The van der Waals surface area contributed by atoms with Crippen molar-refractivity contribution in [1.29, 1.82) is 0 Å². The Bertz CT molecular complexity index is 817. The Kier molecular flexibility index (Phi) is 2.96. The molecule has 0 unspecified atom stereocenters. The van der Waals surface area contributed by atoms with Gasteiger partial charge in [-0.25, -0.2) is 0 Å². The van der Waals surface area contributed by atoms with Crippen molar-refractivity contribution in [2.75, 3.05) is 0 Å². The van der Waals surface area contributed by atoms with Crippen LogP contribution in [-0.4, -0.2) is 15.6 Å². The number of aromatic nitrogens is 2. The average molecular weight is 294 g/mol. The summed E-state index contributed by atoms with van der Waals surface area (Å²) >= 11 is 7.54. The van der Waals surface area contributed by atoms with Crippen molar-refractivity contribution >= 4 is 39.1 Å². The molecule has 0 saturated heterocycles. The highest BCUT2D eigenvalue weighted by Gasteiger charge is 2.11. The van der Waals surface area contributed by atoms with Gasteiger partial charge in [-0.1, -0.05) is 34.2 Å². The Balaban J connectivity index is 2.19. The maximum atomic E-state index is 11.8. The number of para-hydroxylation sites is 1. The summed E-state index contributed by atoms with van der Waals surface area (Å²) in [5, 5.41) is 4.11. The number of carbonyl (C=O) groups is 1. The van der Waals surface area contributed by atoms with Crippen molar-refractivity contribution in [3.05, 3.63) is 46.0 Å². The summed E-state index contributed by atoms with van der Waals surface area (Å²) in [5.74, 6) is -0.348. The predicted octanol–water partition coefficient (Wildman–Crippen LogP) is 2.62. The molecule has 19 heavy (non-hydrogen) atoms. The standard InChI is InChI=1S/C12H8ClN3O2S/c1-16-10-7(13)3-2-4-9(10)19-12(16)15-11(17)8-5-6-14-18-8/h2-6H,1H3. The summed E-state index contributed by atoms with van der Waals surface area (Å²) < 4.78 is 7.54. The number of hydrogen-bond donors (Lipinski definition) is 0. The molecule has 0 aliphatic carbocycles. The predicted molar refractivity (Wildman–Crippen MR) is 72.2 cm³/mol. The van der Waals surface area contributed by atoms with E-state index in [1.54, 1.807) is 10.6 Å². The van der Waals surface area contributed by atoms with Gasteiger partial charge in [0.2, 0.25) is 5.76 Å². The number of carbonyl (C=O) groups excluding carboxylic acids is 1. The Morgan fingerprint density at radius 3 is 3.00 bits per heavy atom. The molecule has 3 aromatic rings. The fourth-order valence-corrected chi connectivity index (χ4v) is 3.13. The van der Waals surface area contributed by atoms with E-state index in [1.165, 1.54) is 23.6 Å². The van der Waals surface area contributed by atoms with Crippen molar-refractivity contribution in [1.82, 2.24) is 9.72 Å². The van der Waals surface area contributed by atoms with Crippen LogP contribution in [0.15, 0.2) is 40.0 Å². The molecule has 3 rings (SSSR count). The first kappa shape index (κ1) is 12.1. The summed E-state index contributed by atoms with van der Waals surface area (Å²) in [7, 11) is 1.82. The van der Waals surface area contributed by atoms with Crippen LogP contribution >= 0.6 is 22.9 Å². The second-order valence-electron chi connectivity index (χ2n) is 3.82. The van der Waals surface area contributed by atoms with E-state index in [0.29, 0.717) is 9.82 Å². The first-order valence-corrected chi connectivity index (χ1v) is 6.60. The average Bonchev–Trinajstić information content (AvgIpc) is 2.99. The fourth-order valence-electron chi connectivity index (χ4n) is 1.73. The third-order valence-corrected chi connectivity index (χ3v) is 4.02. The molecule has 2 aromatic heterocycles. The molecule has 1 amide bonds. The quantitative estimate of drug-likeness (QED) is 0.693. The summed E-state index contributed by atoms with van der Waals surface area (Å²) in [6, 6.07) is 7.08. The lowest BCUT2D eigenvalue weighted by Gasteiger charge is -1.96. The summed E-state index contributed by atoms with van der Waals surface area (Å²) in [4.78, 5) is 16.4. The summed E-state index contributed by atoms with van der Waals surface area (Å²) in [6.45, 7) is 0. The van der Waals surface area contributed by atoms with Crippen molar-refractivity contribution < 1.29 is 9.32 Å². The molecule has 7 heteroatoms. The van der Waals surface area contributed by atoms with Crippen LogP contribution in [0, 0.1) is 0 Å². The Hall–Kier alpha value is -1.92. The zero-order chi connectivity index (χ0) is 13.4. The number of fused-ring (bicyclic) bond motifs is 1. The van der Waals surface area contributed by atoms with E-state index < -0.39 is 5.91 Å². The van der Waals surface area contributed by atoms with Crippen molar-refractivity contribution in [3.8, 4) is 0 Å². The van der Waals surface area contributed by atoms with Gasteiger partial charge in [-0.2, -0.15) is 4.99 Å². The maximum absolute atomic E-state index is 11.8. The van der Waals surface area contributed by atoms with E-state index in [4.69, 9.17) is 16.1 Å². The number of rotatable bonds is 1. The van der Waals surface area contributed by atoms with Gasteiger partial charge >= 0.3 is 5.91 Å². The molecule has 0 atom stereocenters. The minimum absolute atomic E-state index is 0.114. The lowest BCUT2D eigenvalue weighted by molar-refractivity contribution is 0.0962.